The Balaban J connectivity index is 1.94. The van der Waals surface area contributed by atoms with Crippen LogP contribution < -0.4 is 9.47 Å². The first kappa shape index (κ1) is 19.8. The lowest BCUT2D eigenvalue weighted by Gasteiger charge is -2.18. The van der Waals surface area contributed by atoms with E-state index < -0.39 is 0 Å². The number of aromatic amines is 1. The highest BCUT2D eigenvalue weighted by Gasteiger charge is 2.13. The smallest absolute Gasteiger partial charge is 0.216 e. The van der Waals surface area contributed by atoms with E-state index in [1.54, 1.807) is 25.1 Å². The molecule has 1 aromatic heterocycles. The molecule has 0 aliphatic heterocycles. The molecule has 0 radical (unpaired) electrons. The summed E-state index contributed by atoms with van der Waals surface area (Å²) >= 11 is 5.34. The molecule has 0 saturated heterocycles. The molecule has 1 heterocycles. The van der Waals surface area contributed by atoms with Gasteiger partial charge in [-0.2, -0.15) is 14.9 Å². The maximum Gasteiger partial charge on any atom is 0.216 e. The molecule has 6 nitrogen and oxygen atoms in total. The van der Waals surface area contributed by atoms with Gasteiger partial charge in [0, 0.05) is 5.56 Å². The summed E-state index contributed by atoms with van der Waals surface area (Å²) in [5, 5.41) is 11.6. The van der Waals surface area contributed by atoms with Gasteiger partial charge in [0.2, 0.25) is 4.77 Å². The van der Waals surface area contributed by atoms with Crippen molar-refractivity contribution in [2.75, 3.05) is 14.2 Å². The molecule has 3 aromatic rings. The Labute approximate surface area is 169 Å². The van der Waals surface area contributed by atoms with E-state index >= 15 is 0 Å². The molecular weight excluding hydrogens is 372 g/mol. The summed E-state index contributed by atoms with van der Waals surface area (Å²) < 4.78 is 12.7. The van der Waals surface area contributed by atoms with E-state index in [1.807, 2.05) is 30.3 Å². The normalized spacial score (nSPS) is 11.8. The Morgan fingerprint density at radius 2 is 1.71 bits per heavy atom. The van der Waals surface area contributed by atoms with E-state index in [4.69, 9.17) is 21.7 Å². The fourth-order valence-corrected chi connectivity index (χ4v) is 2.93. The third-order valence-electron chi connectivity index (χ3n) is 4.39. The first-order valence-corrected chi connectivity index (χ1v) is 9.29. The largest absolute Gasteiger partial charge is 0.493 e. The number of nitrogens with zero attached hydrogens (tertiary/aromatic N) is 3. The average molecular weight is 397 g/mol. The molecule has 0 fully saturated rings. The lowest BCUT2D eigenvalue weighted by Crippen LogP contribution is -2.10. The minimum atomic E-state index is 0.114. The van der Waals surface area contributed by atoms with Crippen molar-refractivity contribution in [3.8, 4) is 22.9 Å². The first-order valence-electron chi connectivity index (χ1n) is 8.88. The summed E-state index contributed by atoms with van der Waals surface area (Å²) in [7, 11) is 3.20. The maximum atomic E-state index is 5.38. The third kappa shape index (κ3) is 4.14. The Morgan fingerprint density at radius 1 is 1.04 bits per heavy atom. The minimum absolute atomic E-state index is 0.114. The Morgan fingerprint density at radius 3 is 2.32 bits per heavy atom. The number of rotatable bonds is 5. The van der Waals surface area contributed by atoms with Crippen LogP contribution in [0.5, 0.6) is 11.5 Å². The Kier molecular flexibility index (Phi) is 5.65. The van der Waals surface area contributed by atoms with Crippen molar-refractivity contribution in [1.82, 2.24) is 14.9 Å². The molecule has 0 bridgehead atoms. The third-order valence-corrected chi connectivity index (χ3v) is 4.66. The summed E-state index contributed by atoms with van der Waals surface area (Å²) in [6.45, 7) is 6.57. The van der Waals surface area contributed by atoms with Crippen molar-refractivity contribution >= 4 is 18.4 Å². The van der Waals surface area contributed by atoms with Crippen LogP contribution in [-0.4, -0.2) is 35.3 Å². The number of H-pyrrole nitrogens is 1. The molecule has 146 valence electrons. The zero-order valence-corrected chi connectivity index (χ0v) is 17.5. The fourth-order valence-electron chi connectivity index (χ4n) is 2.75. The average Bonchev–Trinajstić information content (AvgIpc) is 3.05. The molecule has 2 aromatic carbocycles. The van der Waals surface area contributed by atoms with Gasteiger partial charge in [0.25, 0.3) is 0 Å². The number of nitrogens with one attached hydrogen (secondary N) is 1. The summed E-state index contributed by atoms with van der Waals surface area (Å²) in [6.07, 6.45) is 1.77. The SMILES string of the molecule is COc1ccc(-c2n[nH]c(=S)n2/N=C\c2ccc(C(C)(C)C)cc2)cc1OC. The van der Waals surface area contributed by atoms with Crippen molar-refractivity contribution < 1.29 is 9.47 Å². The van der Waals surface area contributed by atoms with Crippen LogP contribution in [0.15, 0.2) is 47.6 Å². The van der Waals surface area contributed by atoms with Gasteiger partial charge in [-0.05, 0) is 47.0 Å². The second-order valence-electron chi connectivity index (χ2n) is 7.35. The highest BCUT2D eigenvalue weighted by atomic mass is 32.1. The number of aromatic nitrogens is 3. The van der Waals surface area contributed by atoms with Crippen LogP contribution in [0.3, 0.4) is 0 Å². The second kappa shape index (κ2) is 7.98. The van der Waals surface area contributed by atoms with Crippen molar-refractivity contribution in [3.63, 3.8) is 0 Å². The number of hydrogen-bond donors (Lipinski definition) is 1. The van der Waals surface area contributed by atoms with Gasteiger partial charge in [-0.25, -0.2) is 5.10 Å². The van der Waals surface area contributed by atoms with Crippen molar-refractivity contribution in [3.05, 3.63) is 58.4 Å². The molecular formula is C21H24N4O2S. The van der Waals surface area contributed by atoms with Gasteiger partial charge >= 0.3 is 0 Å². The van der Waals surface area contributed by atoms with Crippen LogP contribution in [-0.2, 0) is 5.41 Å². The molecule has 0 saturated carbocycles. The molecule has 0 atom stereocenters. The summed E-state index contributed by atoms with van der Waals surface area (Å²) in [5.74, 6) is 1.85. The van der Waals surface area contributed by atoms with Crippen LogP contribution in [0.2, 0.25) is 0 Å². The zero-order chi connectivity index (χ0) is 20.3. The lowest BCUT2D eigenvalue weighted by molar-refractivity contribution is 0.355. The van der Waals surface area contributed by atoms with Gasteiger partial charge in [-0.3, -0.25) is 0 Å². The van der Waals surface area contributed by atoms with Gasteiger partial charge in [-0.1, -0.05) is 45.0 Å². The number of ether oxygens (including phenoxy) is 2. The van der Waals surface area contributed by atoms with Crippen molar-refractivity contribution in [2.45, 2.75) is 26.2 Å². The minimum Gasteiger partial charge on any atom is -0.493 e. The van der Waals surface area contributed by atoms with E-state index in [2.05, 4.69) is 48.2 Å². The van der Waals surface area contributed by atoms with E-state index in [1.165, 1.54) is 5.56 Å². The highest BCUT2D eigenvalue weighted by Crippen LogP contribution is 2.31. The van der Waals surface area contributed by atoms with Crippen LogP contribution in [0.1, 0.15) is 31.9 Å². The van der Waals surface area contributed by atoms with Crippen LogP contribution in [0, 0.1) is 4.77 Å². The summed E-state index contributed by atoms with van der Waals surface area (Å²) in [5.41, 5.74) is 3.18. The molecule has 0 aliphatic carbocycles. The topological polar surface area (TPSA) is 64.4 Å². The molecule has 28 heavy (non-hydrogen) atoms. The molecule has 1 N–H and O–H groups in total. The van der Waals surface area contributed by atoms with E-state index in [0.29, 0.717) is 22.1 Å². The quantitative estimate of drug-likeness (QED) is 0.497. The zero-order valence-electron chi connectivity index (χ0n) is 16.7. The standard InChI is InChI=1S/C21H24N4O2S/c1-21(2,3)16-9-6-14(7-10-16)13-22-25-19(23-24-20(25)28)15-8-11-17(26-4)18(12-15)27-5/h6-13H,1-5H3,(H,24,28)/b22-13-. The highest BCUT2D eigenvalue weighted by molar-refractivity contribution is 7.71. The van der Waals surface area contributed by atoms with Crippen molar-refractivity contribution in [2.24, 2.45) is 5.10 Å². The molecule has 0 spiro atoms. The predicted molar refractivity (Wildman–Crippen MR) is 114 cm³/mol. The summed E-state index contributed by atoms with van der Waals surface area (Å²) in [6, 6.07) is 13.9. The van der Waals surface area contributed by atoms with Crippen LogP contribution in [0.25, 0.3) is 11.4 Å². The summed E-state index contributed by atoms with van der Waals surface area (Å²) in [4.78, 5) is 0. The second-order valence-corrected chi connectivity index (χ2v) is 7.74. The number of benzene rings is 2. The Bertz CT molecular complexity index is 1040. The fraction of sp³-hybridized carbons (Fsp3) is 0.286. The molecule has 0 amide bonds. The predicted octanol–water partition coefficient (Wildman–Crippen LogP) is 4.80. The van der Waals surface area contributed by atoms with E-state index in [0.717, 1.165) is 11.1 Å². The number of hydrogen-bond acceptors (Lipinski definition) is 5. The lowest BCUT2D eigenvalue weighted by atomic mass is 9.87. The van der Waals surface area contributed by atoms with Gasteiger partial charge in [0.15, 0.2) is 17.3 Å². The monoisotopic (exact) mass is 396 g/mol. The molecule has 3 rings (SSSR count). The first-order chi connectivity index (χ1) is 13.3. The maximum absolute atomic E-state index is 5.38. The van der Waals surface area contributed by atoms with Crippen LogP contribution >= 0.6 is 12.2 Å². The van der Waals surface area contributed by atoms with Gasteiger partial charge in [0.05, 0.1) is 20.4 Å². The molecule has 0 unspecified atom stereocenters. The van der Waals surface area contributed by atoms with Crippen molar-refractivity contribution in [1.29, 1.82) is 0 Å². The van der Waals surface area contributed by atoms with Gasteiger partial charge in [0.1, 0.15) is 0 Å². The Hall–Kier alpha value is -2.93. The van der Waals surface area contributed by atoms with E-state index in [-0.39, 0.29) is 5.41 Å². The van der Waals surface area contributed by atoms with E-state index in [9.17, 15) is 0 Å². The van der Waals surface area contributed by atoms with Gasteiger partial charge < -0.3 is 9.47 Å². The van der Waals surface area contributed by atoms with Gasteiger partial charge in [-0.15, -0.1) is 0 Å². The molecule has 0 aliphatic rings. The van der Waals surface area contributed by atoms with Crippen LogP contribution in [0.4, 0.5) is 0 Å². The molecule has 7 heteroatoms. The number of methoxy groups -OCH3 is 2.